The summed E-state index contributed by atoms with van der Waals surface area (Å²) in [5.41, 5.74) is 4.37. The lowest BCUT2D eigenvalue weighted by Gasteiger charge is -2.08. The number of carbonyl (C=O) groups excluding carboxylic acids is 1. The lowest BCUT2D eigenvalue weighted by Crippen LogP contribution is -2.13. The number of nitrogens with one attached hydrogen (secondary N) is 1. The molecular formula is C19H23NO2. The highest BCUT2D eigenvalue weighted by molar-refractivity contribution is 5.90. The Bertz CT molecular complexity index is 612. The molecule has 22 heavy (non-hydrogen) atoms. The first kappa shape index (κ1) is 16.1. The van der Waals surface area contributed by atoms with Gasteiger partial charge in [-0.15, -0.1) is 0 Å². The Morgan fingerprint density at radius 2 is 1.59 bits per heavy atom. The molecule has 0 saturated carbocycles. The van der Waals surface area contributed by atoms with Crippen LogP contribution < -0.4 is 10.1 Å². The average Bonchev–Trinajstić information content (AvgIpc) is 2.44. The summed E-state index contributed by atoms with van der Waals surface area (Å²) >= 11 is 0. The maximum absolute atomic E-state index is 11.9. The quantitative estimate of drug-likeness (QED) is 0.802. The van der Waals surface area contributed by atoms with Gasteiger partial charge >= 0.3 is 0 Å². The molecular weight excluding hydrogens is 274 g/mol. The van der Waals surface area contributed by atoms with E-state index in [1.54, 1.807) is 0 Å². The van der Waals surface area contributed by atoms with Crippen molar-refractivity contribution in [1.82, 2.24) is 0 Å². The van der Waals surface area contributed by atoms with E-state index in [-0.39, 0.29) is 5.91 Å². The van der Waals surface area contributed by atoms with E-state index in [2.05, 4.69) is 11.4 Å². The molecule has 0 fully saturated rings. The fraction of sp³-hybridized carbons (Fsp3) is 0.316. The molecule has 0 bridgehead atoms. The molecule has 0 aromatic heterocycles. The minimum atomic E-state index is 0.0255. The van der Waals surface area contributed by atoms with Gasteiger partial charge in [0.1, 0.15) is 5.75 Å². The van der Waals surface area contributed by atoms with Crippen molar-refractivity contribution < 1.29 is 9.53 Å². The van der Waals surface area contributed by atoms with E-state index in [0.29, 0.717) is 19.4 Å². The summed E-state index contributed by atoms with van der Waals surface area (Å²) in [6.45, 7) is 6.64. The molecule has 3 nitrogen and oxygen atoms in total. The van der Waals surface area contributed by atoms with E-state index >= 15 is 0 Å². The molecule has 0 aliphatic carbocycles. The number of benzene rings is 2. The zero-order chi connectivity index (χ0) is 15.9. The van der Waals surface area contributed by atoms with Gasteiger partial charge in [0.15, 0.2) is 0 Å². The predicted octanol–water partition coefficient (Wildman–Crippen LogP) is 4.41. The minimum absolute atomic E-state index is 0.0255. The van der Waals surface area contributed by atoms with Crippen LogP contribution in [0, 0.1) is 20.8 Å². The molecule has 0 radical (unpaired) electrons. The lowest BCUT2D eigenvalue weighted by molar-refractivity contribution is -0.116. The first-order chi connectivity index (χ1) is 10.5. The molecule has 0 aliphatic heterocycles. The van der Waals surface area contributed by atoms with Gasteiger partial charge in [-0.05, 0) is 62.6 Å². The number of carbonyl (C=O) groups is 1. The van der Waals surface area contributed by atoms with E-state index in [1.807, 2.05) is 57.2 Å². The van der Waals surface area contributed by atoms with Crippen LogP contribution in [0.15, 0.2) is 42.5 Å². The number of rotatable bonds is 6. The highest BCUT2D eigenvalue weighted by Crippen LogP contribution is 2.15. The molecule has 0 atom stereocenters. The second-order valence-electron chi connectivity index (χ2n) is 5.69. The lowest BCUT2D eigenvalue weighted by atomic mass is 10.1. The maximum Gasteiger partial charge on any atom is 0.224 e. The van der Waals surface area contributed by atoms with Crippen LogP contribution in [0.4, 0.5) is 5.69 Å². The molecule has 2 aromatic carbocycles. The summed E-state index contributed by atoms with van der Waals surface area (Å²) in [7, 11) is 0. The average molecular weight is 297 g/mol. The van der Waals surface area contributed by atoms with Crippen molar-refractivity contribution in [2.75, 3.05) is 11.9 Å². The van der Waals surface area contributed by atoms with Gasteiger partial charge in [-0.25, -0.2) is 0 Å². The van der Waals surface area contributed by atoms with Gasteiger partial charge in [0.05, 0.1) is 6.61 Å². The monoisotopic (exact) mass is 297 g/mol. The van der Waals surface area contributed by atoms with Gasteiger partial charge in [0.2, 0.25) is 5.91 Å². The van der Waals surface area contributed by atoms with Crippen molar-refractivity contribution >= 4 is 11.6 Å². The SMILES string of the molecule is Cc1ccc(OCCCC(=O)Nc2cc(C)cc(C)c2)cc1. The van der Waals surface area contributed by atoms with Crippen molar-refractivity contribution in [1.29, 1.82) is 0 Å². The molecule has 1 N–H and O–H groups in total. The summed E-state index contributed by atoms with van der Waals surface area (Å²) < 4.78 is 5.62. The standard InChI is InChI=1S/C19H23NO2/c1-14-6-8-18(9-7-14)22-10-4-5-19(21)20-17-12-15(2)11-16(3)13-17/h6-9,11-13H,4-5,10H2,1-3H3,(H,20,21). The smallest absolute Gasteiger partial charge is 0.224 e. The predicted molar refractivity (Wildman–Crippen MR) is 90.5 cm³/mol. The molecule has 116 valence electrons. The third-order valence-electron chi connectivity index (χ3n) is 3.34. The van der Waals surface area contributed by atoms with E-state index < -0.39 is 0 Å². The Morgan fingerprint density at radius 1 is 0.955 bits per heavy atom. The molecule has 2 rings (SSSR count). The fourth-order valence-electron chi connectivity index (χ4n) is 2.33. The second kappa shape index (κ2) is 7.64. The van der Waals surface area contributed by atoms with Crippen LogP contribution in [-0.2, 0) is 4.79 Å². The summed E-state index contributed by atoms with van der Waals surface area (Å²) in [5, 5.41) is 2.94. The number of aryl methyl sites for hydroxylation is 3. The molecule has 0 spiro atoms. The van der Waals surface area contributed by atoms with E-state index in [0.717, 1.165) is 22.6 Å². The van der Waals surface area contributed by atoms with Crippen LogP contribution in [-0.4, -0.2) is 12.5 Å². The maximum atomic E-state index is 11.9. The van der Waals surface area contributed by atoms with Crippen LogP contribution in [0.1, 0.15) is 29.5 Å². The second-order valence-corrected chi connectivity index (χ2v) is 5.69. The van der Waals surface area contributed by atoms with E-state index in [9.17, 15) is 4.79 Å². The van der Waals surface area contributed by atoms with Crippen LogP contribution in [0.25, 0.3) is 0 Å². The number of anilines is 1. The van der Waals surface area contributed by atoms with Crippen LogP contribution in [0.5, 0.6) is 5.75 Å². The van der Waals surface area contributed by atoms with Gasteiger partial charge in [-0.1, -0.05) is 23.8 Å². The van der Waals surface area contributed by atoms with Crippen molar-refractivity contribution in [2.24, 2.45) is 0 Å². The van der Waals surface area contributed by atoms with Gasteiger partial charge in [-0.2, -0.15) is 0 Å². The Balaban J connectivity index is 1.72. The summed E-state index contributed by atoms with van der Waals surface area (Å²) in [6.07, 6.45) is 1.16. The number of hydrogen-bond acceptors (Lipinski definition) is 2. The Morgan fingerprint density at radius 3 is 2.23 bits per heavy atom. The van der Waals surface area contributed by atoms with Crippen molar-refractivity contribution in [3.63, 3.8) is 0 Å². The largest absolute Gasteiger partial charge is 0.494 e. The molecule has 0 unspecified atom stereocenters. The highest BCUT2D eigenvalue weighted by Gasteiger charge is 2.04. The Labute approximate surface area is 132 Å². The summed E-state index contributed by atoms with van der Waals surface area (Å²) in [4.78, 5) is 11.9. The topological polar surface area (TPSA) is 38.3 Å². The number of ether oxygens (including phenoxy) is 1. The molecule has 1 amide bonds. The fourth-order valence-corrected chi connectivity index (χ4v) is 2.33. The van der Waals surface area contributed by atoms with Crippen LogP contribution in [0.2, 0.25) is 0 Å². The summed E-state index contributed by atoms with van der Waals surface area (Å²) in [5.74, 6) is 0.873. The number of hydrogen-bond donors (Lipinski definition) is 1. The summed E-state index contributed by atoms with van der Waals surface area (Å²) in [6, 6.07) is 14.0. The normalized spacial score (nSPS) is 10.3. The van der Waals surface area contributed by atoms with Gasteiger partial charge in [0, 0.05) is 12.1 Å². The van der Waals surface area contributed by atoms with Gasteiger partial charge in [-0.3, -0.25) is 4.79 Å². The van der Waals surface area contributed by atoms with E-state index in [4.69, 9.17) is 4.74 Å². The van der Waals surface area contributed by atoms with Crippen molar-refractivity contribution in [2.45, 2.75) is 33.6 Å². The highest BCUT2D eigenvalue weighted by atomic mass is 16.5. The zero-order valence-corrected chi connectivity index (χ0v) is 13.5. The first-order valence-electron chi connectivity index (χ1n) is 7.60. The molecule has 0 saturated heterocycles. The molecule has 0 aliphatic rings. The third-order valence-corrected chi connectivity index (χ3v) is 3.34. The Kier molecular flexibility index (Phi) is 5.59. The van der Waals surface area contributed by atoms with Crippen molar-refractivity contribution in [3.8, 4) is 5.75 Å². The van der Waals surface area contributed by atoms with Crippen LogP contribution >= 0.6 is 0 Å². The third kappa shape index (κ3) is 5.24. The Hall–Kier alpha value is -2.29. The molecule has 3 heteroatoms. The van der Waals surface area contributed by atoms with Gasteiger partial charge in [0.25, 0.3) is 0 Å². The van der Waals surface area contributed by atoms with Crippen LogP contribution in [0.3, 0.4) is 0 Å². The minimum Gasteiger partial charge on any atom is -0.494 e. The van der Waals surface area contributed by atoms with Gasteiger partial charge < -0.3 is 10.1 Å². The first-order valence-corrected chi connectivity index (χ1v) is 7.60. The van der Waals surface area contributed by atoms with Crippen molar-refractivity contribution in [3.05, 3.63) is 59.2 Å². The molecule has 2 aromatic rings. The zero-order valence-electron chi connectivity index (χ0n) is 13.5. The number of amides is 1. The van der Waals surface area contributed by atoms with E-state index in [1.165, 1.54) is 5.56 Å². The molecule has 0 heterocycles.